The molecule has 0 bridgehead atoms. The minimum absolute atomic E-state index is 0.0795. The Morgan fingerprint density at radius 2 is 1.96 bits per heavy atom. The lowest BCUT2D eigenvalue weighted by Crippen LogP contribution is -2.40. The van der Waals surface area contributed by atoms with Crippen molar-refractivity contribution < 1.29 is 24.2 Å². The largest absolute Gasteiger partial charge is 0.461 e. The van der Waals surface area contributed by atoms with Gasteiger partial charge in [0.25, 0.3) is 0 Å². The van der Waals surface area contributed by atoms with E-state index in [0.29, 0.717) is 12.0 Å². The van der Waals surface area contributed by atoms with Gasteiger partial charge in [-0.25, -0.2) is 4.79 Å². The number of aliphatic hydroxyl groups excluding tert-OH is 1. The van der Waals surface area contributed by atoms with E-state index in [1.54, 1.807) is 0 Å². The van der Waals surface area contributed by atoms with Crippen LogP contribution < -0.4 is 0 Å². The second-order valence-electron chi connectivity index (χ2n) is 7.34. The van der Waals surface area contributed by atoms with E-state index in [4.69, 9.17) is 9.47 Å². The molecule has 0 amide bonds. The van der Waals surface area contributed by atoms with Crippen LogP contribution in [-0.2, 0) is 19.1 Å². The first-order chi connectivity index (χ1) is 12.5. The molecule has 1 fully saturated rings. The Balaban J connectivity index is 2.56. The molecule has 2 atom stereocenters. The number of hydrogen-bond acceptors (Lipinski definition) is 5. The molecular weight excluding hydrogens is 332 g/mol. The molecule has 0 radical (unpaired) electrons. The molecule has 1 aliphatic heterocycles. The highest BCUT2D eigenvalue weighted by Gasteiger charge is 2.44. The van der Waals surface area contributed by atoms with E-state index in [0.717, 1.165) is 44.9 Å². The Morgan fingerprint density at radius 1 is 1.23 bits per heavy atom. The van der Waals surface area contributed by atoms with Gasteiger partial charge in [-0.1, -0.05) is 59.0 Å². The van der Waals surface area contributed by atoms with Crippen LogP contribution in [0.25, 0.3) is 0 Å². The van der Waals surface area contributed by atoms with E-state index >= 15 is 0 Å². The predicted octanol–water partition coefficient (Wildman–Crippen LogP) is 4.32. The molecule has 0 aromatic heterocycles. The van der Waals surface area contributed by atoms with Gasteiger partial charge in [-0.05, 0) is 25.7 Å². The van der Waals surface area contributed by atoms with Gasteiger partial charge >= 0.3 is 11.9 Å². The van der Waals surface area contributed by atoms with E-state index in [9.17, 15) is 14.7 Å². The van der Waals surface area contributed by atoms with Crippen molar-refractivity contribution in [2.75, 3.05) is 13.2 Å². The van der Waals surface area contributed by atoms with Crippen molar-refractivity contribution in [2.45, 2.75) is 90.6 Å². The number of rotatable bonds is 13. The maximum atomic E-state index is 12.3. The number of unbranched alkanes of at least 4 members (excludes halogenated alkanes) is 5. The van der Waals surface area contributed by atoms with Crippen LogP contribution in [0.15, 0.2) is 11.6 Å². The Kier molecular flexibility index (Phi) is 10.6. The number of carbonyl (C=O) groups is 2. The van der Waals surface area contributed by atoms with Crippen LogP contribution in [0.4, 0.5) is 0 Å². The summed E-state index contributed by atoms with van der Waals surface area (Å²) in [4.78, 5) is 24.4. The zero-order chi connectivity index (χ0) is 19.4. The van der Waals surface area contributed by atoms with E-state index in [1.807, 2.05) is 13.0 Å². The van der Waals surface area contributed by atoms with Gasteiger partial charge < -0.3 is 14.6 Å². The molecule has 1 aliphatic rings. The Labute approximate surface area is 158 Å². The molecule has 1 N–H and O–H groups in total. The molecule has 5 nitrogen and oxygen atoms in total. The lowest BCUT2D eigenvalue weighted by Gasteiger charge is -2.25. The molecule has 1 saturated heterocycles. The topological polar surface area (TPSA) is 72.8 Å². The number of allylic oxidation sites excluding steroid dienone is 1. The van der Waals surface area contributed by atoms with Gasteiger partial charge in [0.15, 0.2) is 5.60 Å². The predicted molar refractivity (Wildman–Crippen MR) is 102 cm³/mol. The molecule has 2 unspecified atom stereocenters. The summed E-state index contributed by atoms with van der Waals surface area (Å²) in [5.74, 6) is -0.790. The van der Waals surface area contributed by atoms with Crippen LogP contribution in [-0.4, -0.2) is 35.9 Å². The van der Waals surface area contributed by atoms with Crippen molar-refractivity contribution in [1.29, 1.82) is 0 Å². The van der Waals surface area contributed by atoms with E-state index in [-0.39, 0.29) is 25.1 Å². The highest BCUT2D eigenvalue weighted by molar-refractivity contribution is 5.91. The van der Waals surface area contributed by atoms with Crippen LogP contribution in [0.3, 0.4) is 0 Å². The summed E-state index contributed by atoms with van der Waals surface area (Å²) in [6.45, 7) is 5.80. The lowest BCUT2D eigenvalue weighted by molar-refractivity contribution is -0.169. The highest BCUT2D eigenvalue weighted by atomic mass is 16.6. The third-order valence-electron chi connectivity index (χ3n) is 5.03. The number of esters is 2. The molecule has 0 spiro atoms. The molecule has 1 heterocycles. The van der Waals surface area contributed by atoms with Crippen molar-refractivity contribution in [2.24, 2.45) is 5.92 Å². The minimum Gasteiger partial charge on any atom is -0.461 e. The molecule has 1 rings (SSSR count). The van der Waals surface area contributed by atoms with Gasteiger partial charge in [0, 0.05) is 12.0 Å². The van der Waals surface area contributed by atoms with E-state index in [1.165, 1.54) is 12.8 Å². The number of carbonyl (C=O) groups excluding carboxylic acids is 2. The summed E-state index contributed by atoms with van der Waals surface area (Å²) >= 11 is 0. The van der Waals surface area contributed by atoms with Gasteiger partial charge in [0.1, 0.15) is 6.61 Å². The summed E-state index contributed by atoms with van der Waals surface area (Å²) in [5, 5.41) is 9.75. The summed E-state index contributed by atoms with van der Waals surface area (Å²) in [5.41, 5.74) is -0.532. The summed E-state index contributed by atoms with van der Waals surface area (Å²) in [6, 6.07) is 0. The van der Waals surface area contributed by atoms with Crippen LogP contribution >= 0.6 is 0 Å². The van der Waals surface area contributed by atoms with Gasteiger partial charge in [0.05, 0.1) is 12.5 Å². The molecular formula is C21H36O5. The Bertz CT molecular complexity index is 471. The molecule has 0 aliphatic carbocycles. The minimum atomic E-state index is -1.12. The SMILES string of the molecule is CCCCCC/C=C1/CC(CO)(COC(=O)C(CC)CCCC)OC1=O. The first-order valence-electron chi connectivity index (χ1n) is 10.2. The second-order valence-corrected chi connectivity index (χ2v) is 7.34. The van der Waals surface area contributed by atoms with Gasteiger partial charge in [-0.3, -0.25) is 4.79 Å². The van der Waals surface area contributed by atoms with Crippen LogP contribution in [0.1, 0.15) is 85.0 Å². The fourth-order valence-electron chi connectivity index (χ4n) is 3.19. The smallest absolute Gasteiger partial charge is 0.334 e. The van der Waals surface area contributed by atoms with Crippen molar-refractivity contribution in [3.05, 3.63) is 11.6 Å². The summed E-state index contributed by atoms with van der Waals surface area (Å²) in [7, 11) is 0. The highest BCUT2D eigenvalue weighted by Crippen LogP contribution is 2.32. The molecule has 150 valence electrons. The second kappa shape index (κ2) is 12.1. The number of aliphatic hydroxyl groups is 1. The number of ether oxygens (including phenoxy) is 2. The van der Waals surface area contributed by atoms with Gasteiger partial charge in [-0.2, -0.15) is 0 Å². The first-order valence-corrected chi connectivity index (χ1v) is 10.2. The van der Waals surface area contributed by atoms with Crippen molar-refractivity contribution >= 4 is 11.9 Å². The number of hydrogen-bond donors (Lipinski definition) is 1. The molecule has 26 heavy (non-hydrogen) atoms. The zero-order valence-electron chi connectivity index (χ0n) is 16.7. The normalized spacial score (nSPS) is 22.5. The zero-order valence-corrected chi connectivity index (χ0v) is 16.7. The van der Waals surface area contributed by atoms with E-state index < -0.39 is 11.6 Å². The quantitative estimate of drug-likeness (QED) is 0.298. The van der Waals surface area contributed by atoms with Crippen molar-refractivity contribution in [3.63, 3.8) is 0 Å². The van der Waals surface area contributed by atoms with Crippen molar-refractivity contribution in [1.82, 2.24) is 0 Å². The van der Waals surface area contributed by atoms with Crippen LogP contribution in [0.2, 0.25) is 0 Å². The van der Waals surface area contributed by atoms with Crippen molar-refractivity contribution in [3.8, 4) is 0 Å². The fourth-order valence-corrected chi connectivity index (χ4v) is 3.19. The molecule has 0 aromatic rings. The molecule has 0 aromatic carbocycles. The summed E-state index contributed by atoms with van der Waals surface area (Å²) in [6.07, 6.45) is 11.2. The third kappa shape index (κ3) is 7.10. The fraction of sp³-hybridized carbons (Fsp3) is 0.810. The first kappa shape index (κ1) is 22.7. The summed E-state index contributed by atoms with van der Waals surface area (Å²) < 4.78 is 10.8. The van der Waals surface area contributed by atoms with E-state index in [2.05, 4.69) is 13.8 Å². The standard InChI is InChI=1S/C21H36O5/c1-4-7-9-10-11-13-18-14-21(15-22,26-20(18)24)16-25-19(23)17(6-3)12-8-5-2/h13,17,22H,4-12,14-16H2,1-3H3/b18-13-. The monoisotopic (exact) mass is 368 g/mol. The van der Waals surface area contributed by atoms with Crippen LogP contribution in [0.5, 0.6) is 0 Å². The van der Waals surface area contributed by atoms with Gasteiger partial charge in [0.2, 0.25) is 0 Å². The maximum absolute atomic E-state index is 12.3. The Hall–Kier alpha value is -1.36. The third-order valence-corrected chi connectivity index (χ3v) is 5.03. The van der Waals surface area contributed by atoms with Crippen LogP contribution in [0, 0.1) is 5.92 Å². The maximum Gasteiger partial charge on any atom is 0.334 e. The number of cyclic esters (lactones) is 1. The lowest BCUT2D eigenvalue weighted by atomic mass is 9.97. The average molecular weight is 369 g/mol. The van der Waals surface area contributed by atoms with Gasteiger partial charge in [-0.15, -0.1) is 0 Å². The molecule has 5 heteroatoms. The Morgan fingerprint density at radius 3 is 2.58 bits per heavy atom. The molecule has 0 saturated carbocycles. The average Bonchev–Trinajstić information content (AvgIpc) is 2.97.